The minimum absolute atomic E-state index is 0.00143. The van der Waals surface area contributed by atoms with E-state index >= 15 is 0 Å². The molecule has 1 fully saturated rings. The number of amides is 1. The summed E-state index contributed by atoms with van der Waals surface area (Å²) in [5.74, 6) is -1.54. The maximum absolute atomic E-state index is 13.9. The van der Waals surface area contributed by atoms with Crippen molar-refractivity contribution in [2.24, 2.45) is 11.7 Å². The van der Waals surface area contributed by atoms with Crippen LogP contribution in [0.2, 0.25) is 0 Å². The van der Waals surface area contributed by atoms with E-state index in [1.807, 2.05) is 0 Å². The van der Waals surface area contributed by atoms with Crippen LogP contribution in [0, 0.1) is 23.4 Å². The molecule has 2 aliphatic rings. The number of piperidine rings is 1. The number of halogens is 3. The molecule has 5 rings (SSSR count). The third-order valence-electron chi connectivity index (χ3n) is 6.68. The molecule has 0 radical (unpaired) electrons. The van der Waals surface area contributed by atoms with Crippen molar-refractivity contribution in [2.75, 3.05) is 13.1 Å². The fourth-order valence-corrected chi connectivity index (χ4v) is 5.04. The summed E-state index contributed by atoms with van der Waals surface area (Å²) in [7, 11) is 0. The van der Waals surface area contributed by atoms with E-state index in [1.165, 1.54) is 0 Å². The first-order valence-corrected chi connectivity index (χ1v) is 11.3. The lowest BCUT2D eigenvalue weighted by Gasteiger charge is -2.42. The molecule has 0 bridgehead atoms. The first kappa shape index (κ1) is 22.5. The molecule has 34 heavy (non-hydrogen) atoms. The van der Waals surface area contributed by atoms with Crippen LogP contribution in [0.5, 0.6) is 0 Å². The predicted molar refractivity (Wildman–Crippen MR) is 116 cm³/mol. The third-order valence-corrected chi connectivity index (χ3v) is 6.68. The van der Waals surface area contributed by atoms with E-state index in [9.17, 15) is 18.0 Å². The van der Waals surface area contributed by atoms with Gasteiger partial charge in [0.1, 0.15) is 17.3 Å². The summed E-state index contributed by atoms with van der Waals surface area (Å²) >= 11 is 0. The first-order chi connectivity index (χ1) is 16.4. The van der Waals surface area contributed by atoms with Crippen molar-refractivity contribution in [3.8, 4) is 11.5 Å². The number of fused-ring (bicyclic) bond motifs is 3. The number of aromatic nitrogens is 5. The van der Waals surface area contributed by atoms with Gasteiger partial charge in [-0.2, -0.15) is 0 Å². The summed E-state index contributed by atoms with van der Waals surface area (Å²) in [4.78, 5) is 23.2. The Balaban J connectivity index is 1.24. The number of rotatable bonds is 5. The zero-order chi connectivity index (χ0) is 23.8. The average Bonchev–Trinajstić information content (AvgIpc) is 3.27. The molecule has 11 heteroatoms. The molecule has 0 saturated carbocycles. The van der Waals surface area contributed by atoms with Crippen LogP contribution >= 0.6 is 0 Å². The lowest BCUT2D eigenvalue weighted by Crippen LogP contribution is -2.47. The van der Waals surface area contributed by atoms with Crippen molar-refractivity contribution in [3.05, 3.63) is 59.6 Å². The fraction of sp³-hybridized carbons (Fsp3) is 0.435. The SMILES string of the molecule is N[C@@H](CC(=O)N1CC[C@@H]2[C@@H](CCc3nnc(-c4cnccn4)n32)C1)Cc1cc(F)c(F)cc1F. The molecule has 3 atom stereocenters. The lowest BCUT2D eigenvalue weighted by atomic mass is 9.84. The Hall–Kier alpha value is -3.34. The maximum Gasteiger partial charge on any atom is 0.224 e. The third kappa shape index (κ3) is 4.27. The molecule has 8 nitrogen and oxygen atoms in total. The molecule has 1 saturated heterocycles. The lowest BCUT2D eigenvalue weighted by molar-refractivity contribution is -0.134. The van der Waals surface area contributed by atoms with Gasteiger partial charge in [0.15, 0.2) is 17.5 Å². The zero-order valence-electron chi connectivity index (χ0n) is 18.4. The van der Waals surface area contributed by atoms with Gasteiger partial charge in [0.05, 0.1) is 6.20 Å². The summed E-state index contributed by atoms with van der Waals surface area (Å²) < 4.78 is 42.7. The summed E-state index contributed by atoms with van der Waals surface area (Å²) in [5.41, 5.74) is 6.69. The number of nitrogens with two attached hydrogens (primary N) is 1. The Labute approximate surface area is 194 Å². The van der Waals surface area contributed by atoms with Gasteiger partial charge in [0.2, 0.25) is 5.91 Å². The second-order valence-electron chi connectivity index (χ2n) is 8.92. The van der Waals surface area contributed by atoms with Crippen LogP contribution in [0.4, 0.5) is 13.2 Å². The van der Waals surface area contributed by atoms with Crippen LogP contribution in [-0.4, -0.2) is 54.7 Å². The highest BCUT2D eigenvalue weighted by Gasteiger charge is 2.38. The van der Waals surface area contributed by atoms with Gasteiger partial charge in [-0.25, -0.2) is 18.2 Å². The highest BCUT2D eigenvalue weighted by atomic mass is 19.2. The van der Waals surface area contributed by atoms with E-state index in [1.54, 1.807) is 23.5 Å². The molecule has 0 unspecified atom stereocenters. The number of hydrogen-bond acceptors (Lipinski definition) is 6. The number of likely N-dealkylation sites (tertiary alicyclic amines) is 1. The van der Waals surface area contributed by atoms with Crippen LogP contribution in [0.3, 0.4) is 0 Å². The zero-order valence-corrected chi connectivity index (χ0v) is 18.4. The van der Waals surface area contributed by atoms with Gasteiger partial charge in [-0.3, -0.25) is 9.78 Å². The van der Waals surface area contributed by atoms with Gasteiger partial charge in [-0.1, -0.05) is 0 Å². The summed E-state index contributed by atoms with van der Waals surface area (Å²) in [5, 5.41) is 8.69. The van der Waals surface area contributed by atoms with Gasteiger partial charge in [-0.15, -0.1) is 10.2 Å². The van der Waals surface area contributed by atoms with E-state index in [0.29, 0.717) is 30.7 Å². The van der Waals surface area contributed by atoms with Crippen LogP contribution in [0.25, 0.3) is 11.5 Å². The number of carbonyl (C=O) groups excluding carboxylic acids is 1. The van der Waals surface area contributed by atoms with Crippen molar-refractivity contribution in [2.45, 2.75) is 44.2 Å². The van der Waals surface area contributed by atoms with E-state index in [0.717, 1.165) is 31.2 Å². The molecule has 0 aliphatic carbocycles. The van der Waals surface area contributed by atoms with Gasteiger partial charge in [0.25, 0.3) is 0 Å². The summed E-state index contributed by atoms with van der Waals surface area (Å²) in [6.45, 7) is 1.12. The van der Waals surface area contributed by atoms with Crippen LogP contribution in [0.15, 0.2) is 30.7 Å². The predicted octanol–water partition coefficient (Wildman–Crippen LogP) is 2.45. The van der Waals surface area contributed by atoms with Crippen LogP contribution < -0.4 is 5.73 Å². The molecule has 4 heterocycles. The second kappa shape index (κ2) is 9.13. The van der Waals surface area contributed by atoms with E-state index in [2.05, 4.69) is 24.7 Å². The number of carbonyl (C=O) groups is 1. The van der Waals surface area contributed by atoms with Crippen molar-refractivity contribution < 1.29 is 18.0 Å². The Morgan fingerprint density at radius 3 is 2.74 bits per heavy atom. The highest BCUT2D eigenvalue weighted by Crippen LogP contribution is 2.39. The fourth-order valence-electron chi connectivity index (χ4n) is 5.04. The van der Waals surface area contributed by atoms with Gasteiger partial charge >= 0.3 is 0 Å². The number of nitrogens with zero attached hydrogens (tertiary/aromatic N) is 6. The van der Waals surface area contributed by atoms with Gasteiger partial charge in [0, 0.05) is 56.5 Å². The van der Waals surface area contributed by atoms with Crippen molar-refractivity contribution in [3.63, 3.8) is 0 Å². The standard InChI is InChI=1S/C23H24F3N7O/c24-16-10-18(26)17(25)8-14(16)7-15(27)9-22(34)32-6-3-20-13(12-32)1-2-21-30-31-23(33(20)21)19-11-28-4-5-29-19/h4-5,8,10-11,13,15,20H,1-3,6-7,9,12,27H2/t13-,15+,20+/m0/s1. The Kier molecular flexibility index (Phi) is 6.03. The summed E-state index contributed by atoms with van der Waals surface area (Å²) in [6.07, 6.45) is 7.21. The molecule has 1 amide bonds. The number of aryl methyl sites for hydroxylation is 1. The van der Waals surface area contributed by atoms with E-state index in [4.69, 9.17) is 5.73 Å². The topological polar surface area (TPSA) is 103 Å². The summed E-state index contributed by atoms with van der Waals surface area (Å²) in [6, 6.07) is 0.753. The largest absolute Gasteiger partial charge is 0.342 e. The monoisotopic (exact) mass is 471 g/mol. The Bertz CT molecular complexity index is 1200. The number of hydrogen-bond donors (Lipinski definition) is 1. The molecule has 2 aliphatic heterocycles. The van der Waals surface area contributed by atoms with E-state index < -0.39 is 23.5 Å². The molecule has 3 aromatic rings. The molecule has 2 aromatic heterocycles. The number of benzene rings is 1. The molecule has 2 N–H and O–H groups in total. The molecular formula is C23H24F3N7O. The maximum atomic E-state index is 13.9. The van der Waals surface area contributed by atoms with Crippen LogP contribution in [0.1, 0.15) is 36.7 Å². The van der Waals surface area contributed by atoms with Crippen molar-refractivity contribution in [1.82, 2.24) is 29.6 Å². The highest BCUT2D eigenvalue weighted by molar-refractivity contribution is 5.77. The van der Waals surface area contributed by atoms with Crippen molar-refractivity contribution >= 4 is 5.91 Å². The van der Waals surface area contributed by atoms with Crippen molar-refractivity contribution in [1.29, 1.82) is 0 Å². The minimum Gasteiger partial charge on any atom is -0.342 e. The van der Waals surface area contributed by atoms with Crippen LogP contribution in [-0.2, 0) is 17.6 Å². The molecule has 1 aromatic carbocycles. The van der Waals surface area contributed by atoms with Gasteiger partial charge < -0.3 is 15.2 Å². The minimum atomic E-state index is -1.25. The molecule has 178 valence electrons. The normalized spacial score (nSPS) is 20.5. The molecule has 0 spiro atoms. The first-order valence-electron chi connectivity index (χ1n) is 11.3. The van der Waals surface area contributed by atoms with Gasteiger partial charge in [-0.05, 0) is 36.8 Å². The average molecular weight is 471 g/mol. The Morgan fingerprint density at radius 1 is 1.12 bits per heavy atom. The molecular weight excluding hydrogens is 447 g/mol. The second-order valence-corrected chi connectivity index (χ2v) is 8.92. The van der Waals surface area contributed by atoms with E-state index in [-0.39, 0.29) is 36.3 Å². The smallest absolute Gasteiger partial charge is 0.224 e. The Morgan fingerprint density at radius 2 is 1.94 bits per heavy atom. The quantitative estimate of drug-likeness (QED) is 0.574.